The highest BCUT2D eigenvalue weighted by Gasteiger charge is 2.18. The van der Waals surface area contributed by atoms with Gasteiger partial charge in [0.05, 0.1) is 11.4 Å². The molecule has 0 radical (unpaired) electrons. The molecule has 4 nitrogen and oxygen atoms in total. The summed E-state index contributed by atoms with van der Waals surface area (Å²) in [4.78, 5) is 3.61. The van der Waals surface area contributed by atoms with Crippen molar-refractivity contribution in [1.82, 2.24) is 4.98 Å². The molecule has 0 bridgehead atoms. The lowest BCUT2D eigenvalue weighted by atomic mass is 10.2. The van der Waals surface area contributed by atoms with E-state index < -0.39 is 5.95 Å². The van der Waals surface area contributed by atoms with Gasteiger partial charge in [-0.15, -0.1) is 0 Å². The van der Waals surface area contributed by atoms with Gasteiger partial charge in [0.2, 0.25) is 5.95 Å². The maximum Gasteiger partial charge on any atom is 0.235 e. The van der Waals surface area contributed by atoms with Crippen molar-refractivity contribution in [3.8, 4) is 23.0 Å². The van der Waals surface area contributed by atoms with E-state index in [9.17, 15) is 8.78 Å². The minimum Gasteiger partial charge on any atom is -0.455 e. The fourth-order valence-corrected chi connectivity index (χ4v) is 3.02. The van der Waals surface area contributed by atoms with Crippen LogP contribution in [0.25, 0.3) is 0 Å². The van der Waals surface area contributed by atoms with Gasteiger partial charge in [-0.1, -0.05) is 85.8 Å². The van der Waals surface area contributed by atoms with Gasteiger partial charge in [-0.3, -0.25) is 0 Å². The molecule has 3 aromatic carbocycles. The summed E-state index contributed by atoms with van der Waals surface area (Å²) in [6.07, 6.45) is 2.64. The zero-order valence-corrected chi connectivity index (χ0v) is 22.7. The molecule has 8 heteroatoms. The van der Waals surface area contributed by atoms with E-state index in [1.807, 2.05) is 25.1 Å². The van der Waals surface area contributed by atoms with Crippen LogP contribution in [0.15, 0.2) is 72.8 Å². The minimum atomic E-state index is -0.852. The van der Waals surface area contributed by atoms with E-state index in [4.69, 9.17) is 38.4 Å². The zero-order valence-electron chi connectivity index (χ0n) is 21.2. The second-order valence-corrected chi connectivity index (χ2v) is 8.71. The molecule has 0 aliphatic rings. The quantitative estimate of drug-likeness (QED) is 0.200. The third-order valence-electron chi connectivity index (χ3n) is 4.85. The first-order valence-electron chi connectivity index (χ1n) is 11.7. The van der Waals surface area contributed by atoms with Crippen LogP contribution in [0.4, 0.5) is 14.5 Å². The molecule has 0 unspecified atom stereocenters. The largest absolute Gasteiger partial charge is 0.455 e. The van der Waals surface area contributed by atoms with Crippen molar-refractivity contribution in [2.75, 3.05) is 5.73 Å². The Hall–Kier alpha value is -3.35. The normalized spacial score (nSPS) is 9.95. The molecule has 0 amide bonds. The Morgan fingerprint density at radius 3 is 1.97 bits per heavy atom. The van der Waals surface area contributed by atoms with Gasteiger partial charge in [0.15, 0.2) is 11.5 Å². The average molecular weight is 547 g/mol. The molecule has 4 rings (SSSR count). The smallest absolute Gasteiger partial charge is 0.235 e. The highest BCUT2D eigenvalue weighted by atomic mass is 35.5. The summed E-state index contributed by atoms with van der Waals surface area (Å²) in [5, 5.41) is -0.160. The first-order chi connectivity index (χ1) is 17.7. The van der Waals surface area contributed by atoms with Crippen molar-refractivity contribution in [2.45, 2.75) is 40.5 Å². The summed E-state index contributed by atoms with van der Waals surface area (Å²) in [5.41, 5.74) is 7.72. The Morgan fingerprint density at radius 1 is 0.784 bits per heavy atom. The predicted molar refractivity (Wildman–Crippen MR) is 148 cm³/mol. The van der Waals surface area contributed by atoms with Crippen LogP contribution in [0.2, 0.25) is 10.0 Å². The summed E-state index contributed by atoms with van der Waals surface area (Å²) in [5.74, 6) is 0.318. The standard InChI is InChI=1S/C18H13Cl2FN2O2.C7H7F.C4H10/c1-10-15(19)17(16(20)18(21)23-10)25-12-7-8-13(22)14(9-12)24-11-5-3-2-4-6-11;1-6-2-4-7(8)5-3-6;1-3-4-2/h2-9H,22H2,1H3;2-5H,1H3;3-4H2,1-2H3. The molecule has 2 N–H and O–H groups in total. The van der Waals surface area contributed by atoms with E-state index in [1.165, 1.54) is 25.0 Å². The number of halogens is 4. The van der Waals surface area contributed by atoms with E-state index in [-0.39, 0.29) is 27.3 Å². The number of unbranched alkanes of at least 4 members (excludes halogenated alkanes) is 1. The highest BCUT2D eigenvalue weighted by molar-refractivity contribution is 6.37. The topological polar surface area (TPSA) is 57.4 Å². The van der Waals surface area contributed by atoms with Gasteiger partial charge in [0.1, 0.15) is 27.4 Å². The predicted octanol–water partition coefficient (Wildman–Crippen LogP) is 9.94. The van der Waals surface area contributed by atoms with Crippen LogP contribution in [0.1, 0.15) is 37.9 Å². The van der Waals surface area contributed by atoms with Gasteiger partial charge in [-0.25, -0.2) is 9.37 Å². The molecule has 1 aromatic heterocycles. The fourth-order valence-electron chi connectivity index (χ4n) is 2.62. The van der Waals surface area contributed by atoms with E-state index in [0.29, 0.717) is 22.9 Å². The molecule has 0 fully saturated rings. The number of ether oxygens (including phenoxy) is 2. The Bertz CT molecular complexity index is 1220. The average Bonchev–Trinajstić information content (AvgIpc) is 2.90. The van der Waals surface area contributed by atoms with Crippen molar-refractivity contribution in [3.63, 3.8) is 0 Å². The van der Waals surface area contributed by atoms with Gasteiger partial charge < -0.3 is 15.2 Å². The summed E-state index contributed by atoms with van der Waals surface area (Å²) in [6.45, 7) is 7.85. The second kappa shape index (κ2) is 15.0. The number of rotatable bonds is 5. The number of aromatic nitrogens is 1. The first kappa shape index (κ1) is 29.9. The van der Waals surface area contributed by atoms with Crippen LogP contribution in [0, 0.1) is 25.6 Å². The molecule has 1 heterocycles. The monoisotopic (exact) mass is 546 g/mol. The maximum absolute atomic E-state index is 13.7. The Labute approximate surface area is 227 Å². The molecular weight excluding hydrogens is 517 g/mol. The number of pyridine rings is 1. The molecule has 0 spiro atoms. The van der Waals surface area contributed by atoms with Crippen molar-refractivity contribution >= 4 is 28.9 Å². The number of nitrogen functional groups attached to an aromatic ring is 1. The van der Waals surface area contributed by atoms with E-state index in [1.54, 1.807) is 49.4 Å². The number of aryl methyl sites for hydroxylation is 2. The molecule has 37 heavy (non-hydrogen) atoms. The third-order valence-corrected chi connectivity index (χ3v) is 5.62. The number of benzene rings is 3. The van der Waals surface area contributed by atoms with Crippen molar-refractivity contribution < 1.29 is 18.3 Å². The van der Waals surface area contributed by atoms with Crippen LogP contribution in [0.5, 0.6) is 23.0 Å². The van der Waals surface area contributed by atoms with Gasteiger partial charge in [0, 0.05) is 6.07 Å². The third kappa shape index (κ3) is 9.56. The SMILES string of the molecule is CCCC.Cc1ccc(F)cc1.Cc1nc(F)c(Cl)c(Oc2ccc(N)c(Oc3ccccc3)c2)c1Cl. The van der Waals surface area contributed by atoms with Gasteiger partial charge in [0.25, 0.3) is 0 Å². The lowest BCUT2D eigenvalue weighted by Crippen LogP contribution is -1.97. The second-order valence-electron chi connectivity index (χ2n) is 7.96. The van der Waals surface area contributed by atoms with E-state index in [0.717, 1.165) is 5.56 Å². The Kier molecular flexibility index (Phi) is 12.1. The van der Waals surface area contributed by atoms with Crippen LogP contribution >= 0.6 is 23.2 Å². The lowest BCUT2D eigenvalue weighted by molar-refractivity contribution is 0.456. The van der Waals surface area contributed by atoms with E-state index in [2.05, 4.69) is 18.8 Å². The van der Waals surface area contributed by atoms with Crippen LogP contribution in [-0.2, 0) is 0 Å². The number of nitrogens with two attached hydrogens (primary N) is 1. The lowest BCUT2D eigenvalue weighted by Gasteiger charge is -2.14. The van der Waals surface area contributed by atoms with Gasteiger partial charge in [-0.05, 0) is 50.2 Å². The minimum absolute atomic E-state index is 0.0104. The maximum atomic E-state index is 13.7. The van der Waals surface area contributed by atoms with Crippen molar-refractivity contribution in [3.05, 3.63) is 106 Å². The summed E-state index contributed by atoms with van der Waals surface area (Å²) in [6, 6.07) is 20.3. The Balaban J connectivity index is 0.000000331. The van der Waals surface area contributed by atoms with Gasteiger partial charge in [-0.2, -0.15) is 4.39 Å². The Morgan fingerprint density at radius 2 is 1.41 bits per heavy atom. The van der Waals surface area contributed by atoms with Crippen molar-refractivity contribution in [2.24, 2.45) is 0 Å². The van der Waals surface area contributed by atoms with Crippen LogP contribution in [0.3, 0.4) is 0 Å². The molecule has 0 saturated heterocycles. The molecule has 196 valence electrons. The first-order valence-corrected chi connectivity index (χ1v) is 12.4. The molecular formula is C29H30Cl2F2N2O2. The van der Waals surface area contributed by atoms with Gasteiger partial charge >= 0.3 is 0 Å². The van der Waals surface area contributed by atoms with Crippen LogP contribution in [-0.4, -0.2) is 4.98 Å². The van der Waals surface area contributed by atoms with Crippen molar-refractivity contribution in [1.29, 1.82) is 0 Å². The molecule has 0 atom stereocenters. The molecule has 4 aromatic rings. The molecule has 0 aliphatic carbocycles. The number of para-hydroxylation sites is 1. The number of hydrogen-bond acceptors (Lipinski definition) is 4. The zero-order chi connectivity index (χ0) is 27.4. The summed E-state index contributed by atoms with van der Waals surface area (Å²) >= 11 is 12.0. The van der Waals surface area contributed by atoms with Crippen LogP contribution < -0.4 is 15.2 Å². The summed E-state index contributed by atoms with van der Waals surface area (Å²) < 4.78 is 37.2. The molecule has 0 saturated carbocycles. The highest BCUT2D eigenvalue weighted by Crippen LogP contribution is 2.40. The number of hydrogen-bond donors (Lipinski definition) is 1. The van der Waals surface area contributed by atoms with E-state index >= 15 is 0 Å². The fraction of sp³-hybridized carbons (Fsp3) is 0.207. The number of anilines is 1. The number of nitrogens with zero attached hydrogens (tertiary/aromatic N) is 1. The molecule has 0 aliphatic heterocycles. The summed E-state index contributed by atoms with van der Waals surface area (Å²) in [7, 11) is 0.